The summed E-state index contributed by atoms with van der Waals surface area (Å²) in [5.41, 5.74) is 2.32. The molecule has 1 fully saturated rings. The van der Waals surface area contributed by atoms with Gasteiger partial charge in [0.05, 0.1) is 32.4 Å². The van der Waals surface area contributed by atoms with E-state index in [9.17, 15) is 9.59 Å². The summed E-state index contributed by atoms with van der Waals surface area (Å²) in [7, 11) is 3.19. The van der Waals surface area contributed by atoms with E-state index in [4.69, 9.17) is 9.47 Å². The summed E-state index contributed by atoms with van der Waals surface area (Å²) in [5.74, 6) is 0.648. The smallest absolute Gasteiger partial charge is 0.254 e. The molecule has 33 heavy (non-hydrogen) atoms. The van der Waals surface area contributed by atoms with E-state index >= 15 is 0 Å². The molecule has 1 aromatic heterocycles. The second-order valence-corrected chi connectivity index (χ2v) is 7.97. The number of aromatic nitrogens is 1. The highest BCUT2D eigenvalue weighted by atomic mass is 16.5. The first-order valence-corrected chi connectivity index (χ1v) is 10.8. The van der Waals surface area contributed by atoms with Gasteiger partial charge in [-0.2, -0.15) is 0 Å². The molecule has 2 atom stereocenters. The molecule has 2 amide bonds. The summed E-state index contributed by atoms with van der Waals surface area (Å²) in [6, 6.07) is 20.4. The van der Waals surface area contributed by atoms with Crippen LogP contribution in [0.5, 0.6) is 11.5 Å². The Morgan fingerprint density at radius 3 is 2.45 bits per heavy atom. The van der Waals surface area contributed by atoms with Crippen molar-refractivity contribution < 1.29 is 19.1 Å². The Hall–Kier alpha value is -3.87. The fraction of sp³-hybridized carbons (Fsp3) is 0.269. The average Bonchev–Trinajstić information content (AvgIpc) is 3.33. The minimum atomic E-state index is -0.378. The molecule has 0 bridgehead atoms. The summed E-state index contributed by atoms with van der Waals surface area (Å²) in [5, 5.41) is 3.00. The molecular formula is C26H27N3O4. The topological polar surface area (TPSA) is 80.8 Å². The second kappa shape index (κ2) is 10.2. The van der Waals surface area contributed by atoms with E-state index in [2.05, 4.69) is 10.3 Å². The fourth-order valence-corrected chi connectivity index (χ4v) is 4.17. The lowest BCUT2D eigenvalue weighted by Crippen LogP contribution is -2.35. The predicted molar refractivity (Wildman–Crippen MR) is 124 cm³/mol. The summed E-state index contributed by atoms with van der Waals surface area (Å²) in [6.07, 6.45) is 1.70. The van der Waals surface area contributed by atoms with Crippen molar-refractivity contribution in [3.05, 3.63) is 89.7 Å². The predicted octanol–water partition coefficient (Wildman–Crippen LogP) is 3.27. The van der Waals surface area contributed by atoms with Crippen molar-refractivity contribution in [2.24, 2.45) is 5.92 Å². The van der Waals surface area contributed by atoms with Crippen molar-refractivity contribution in [3.8, 4) is 11.5 Å². The van der Waals surface area contributed by atoms with Gasteiger partial charge in [-0.1, -0.05) is 24.3 Å². The van der Waals surface area contributed by atoms with Crippen molar-refractivity contribution in [2.45, 2.75) is 12.5 Å². The molecule has 1 aliphatic rings. The number of methoxy groups -OCH3 is 2. The van der Waals surface area contributed by atoms with Gasteiger partial charge in [0, 0.05) is 30.8 Å². The molecule has 170 valence electrons. The molecule has 0 saturated carbocycles. The average molecular weight is 446 g/mol. The van der Waals surface area contributed by atoms with E-state index in [-0.39, 0.29) is 23.7 Å². The van der Waals surface area contributed by atoms with Crippen LogP contribution in [0.4, 0.5) is 0 Å². The van der Waals surface area contributed by atoms with Gasteiger partial charge in [-0.3, -0.25) is 14.6 Å². The molecule has 4 rings (SSSR count). The summed E-state index contributed by atoms with van der Waals surface area (Å²) in [6.45, 7) is 1.13. The van der Waals surface area contributed by atoms with Crippen molar-refractivity contribution >= 4 is 11.8 Å². The SMILES string of the molecule is COc1ccc(C2CN(C(=O)c3cccc(OC)c3)CC2C(=O)NCc2ccccn2)cc1. The lowest BCUT2D eigenvalue weighted by molar-refractivity contribution is -0.125. The zero-order valence-electron chi connectivity index (χ0n) is 18.7. The lowest BCUT2D eigenvalue weighted by atomic mass is 9.88. The van der Waals surface area contributed by atoms with Gasteiger partial charge in [0.25, 0.3) is 5.91 Å². The minimum Gasteiger partial charge on any atom is -0.497 e. The van der Waals surface area contributed by atoms with Gasteiger partial charge < -0.3 is 19.7 Å². The molecule has 1 aliphatic heterocycles. The first-order valence-electron chi connectivity index (χ1n) is 10.8. The summed E-state index contributed by atoms with van der Waals surface area (Å²) >= 11 is 0. The fourth-order valence-electron chi connectivity index (χ4n) is 4.17. The highest BCUT2D eigenvalue weighted by Crippen LogP contribution is 2.35. The Labute approximate surface area is 193 Å². The Balaban J connectivity index is 1.55. The third-order valence-electron chi connectivity index (χ3n) is 5.97. The zero-order valence-corrected chi connectivity index (χ0v) is 18.7. The second-order valence-electron chi connectivity index (χ2n) is 7.97. The van der Waals surface area contributed by atoms with Gasteiger partial charge in [0.15, 0.2) is 0 Å². The van der Waals surface area contributed by atoms with Crippen LogP contribution >= 0.6 is 0 Å². The number of carbonyl (C=O) groups is 2. The molecule has 0 radical (unpaired) electrons. The number of amides is 2. The monoisotopic (exact) mass is 445 g/mol. The number of nitrogens with zero attached hydrogens (tertiary/aromatic N) is 2. The number of nitrogens with one attached hydrogen (secondary N) is 1. The third kappa shape index (κ3) is 5.14. The number of likely N-dealkylation sites (tertiary alicyclic amines) is 1. The maximum Gasteiger partial charge on any atom is 0.254 e. The van der Waals surface area contributed by atoms with Crippen LogP contribution in [0.15, 0.2) is 72.9 Å². The highest BCUT2D eigenvalue weighted by Gasteiger charge is 2.40. The third-order valence-corrected chi connectivity index (χ3v) is 5.97. The largest absolute Gasteiger partial charge is 0.497 e. The number of benzene rings is 2. The van der Waals surface area contributed by atoms with E-state index in [1.54, 1.807) is 49.6 Å². The van der Waals surface area contributed by atoms with Crippen LogP contribution in [0, 0.1) is 5.92 Å². The molecule has 2 aromatic carbocycles. The first-order chi connectivity index (χ1) is 16.1. The standard InChI is InChI=1S/C26H27N3O4/c1-32-21-11-9-18(10-12-21)23-16-29(26(31)19-6-5-8-22(14-19)33-2)17-24(23)25(30)28-15-20-7-3-4-13-27-20/h3-14,23-24H,15-17H2,1-2H3,(H,28,30). The van der Waals surface area contributed by atoms with Crippen LogP contribution in [0.2, 0.25) is 0 Å². The van der Waals surface area contributed by atoms with Gasteiger partial charge in [-0.05, 0) is 48.0 Å². The van der Waals surface area contributed by atoms with Crippen LogP contribution in [0.25, 0.3) is 0 Å². The number of hydrogen-bond acceptors (Lipinski definition) is 5. The molecule has 7 heteroatoms. The maximum atomic E-state index is 13.2. The quantitative estimate of drug-likeness (QED) is 0.604. The highest BCUT2D eigenvalue weighted by molar-refractivity contribution is 5.95. The maximum absolute atomic E-state index is 13.2. The molecule has 1 N–H and O–H groups in total. The van der Waals surface area contributed by atoms with E-state index in [0.29, 0.717) is 30.9 Å². The number of pyridine rings is 1. The Kier molecular flexibility index (Phi) is 6.88. The van der Waals surface area contributed by atoms with Gasteiger partial charge in [0.1, 0.15) is 11.5 Å². The number of rotatable bonds is 7. The van der Waals surface area contributed by atoms with E-state index in [1.165, 1.54) is 0 Å². The Morgan fingerprint density at radius 2 is 1.76 bits per heavy atom. The molecule has 0 spiro atoms. The van der Waals surface area contributed by atoms with E-state index < -0.39 is 0 Å². The molecule has 7 nitrogen and oxygen atoms in total. The Morgan fingerprint density at radius 1 is 0.970 bits per heavy atom. The van der Waals surface area contributed by atoms with Crippen LogP contribution in [-0.4, -0.2) is 49.0 Å². The van der Waals surface area contributed by atoms with Crippen LogP contribution < -0.4 is 14.8 Å². The van der Waals surface area contributed by atoms with Crippen molar-refractivity contribution in [1.29, 1.82) is 0 Å². The lowest BCUT2D eigenvalue weighted by Gasteiger charge is -2.18. The van der Waals surface area contributed by atoms with Crippen molar-refractivity contribution in [3.63, 3.8) is 0 Å². The first kappa shape index (κ1) is 22.3. The van der Waals surface area contributed by atoms with Crippen molar-refractivity contribution in [1.82, 2.24) is 15.2 Å². The number of ether oxygens (including phenoxy) is 2. The molecule has 1 saturated heterocycles. The molecule has 2 heterocycles. The van der Waals surface area contributed by atoms with Crippen LogP contribution in [-0.2, 0) is 11.3 Å². The van der Waals surface area contributed by atoms with Gasteiger partial charge in [-0.25, -0.2) is 0 Å². The molecular weight excluding hydrogens is 418 g/mol. The minimum absolute atomic E-state index is 0.0950. The zero-order chi connectivity index (χ0) is 23.2. The Bertz CT molecular complexity index is 1100. The molecule has 0 aliphatic carbocycles. The summed E-state index contributed by atoms with van der Waals surface area (Å²) in [4.78, 5) is 32.5. The van der Waals surface area contributed by atoms with Gasteiger partial charge >= 0.3 is 0 Å². The van der Waals surface area contributed by atoms with E-state index in [0.717, 1.165) is 17.0 Å². The van der Waals surface area contributed by atoms with Gasteiger partial charge in [0.2, 0.25) is 5.91 Å². The van der Waals surface area contributed by atoms with E-state index in [1.807, 2.05) is 42.5 Å². The van der Waals surface area contributed by atoms with Gasteiger partial charge in [-0.15, -0.1) is 0 Å². The number of hydrogen-bond donors (Lipinski definition) is 1. The number of carbonyl (C=O) groups excluding carboxylic acids is 2. The molecule has 3 aromatic rings. The van der Waals surface area contributed by atoms with Crippen molar-refractivity contribution in [2.75, 3.05) is 27.3 Å². The summed E-state index contributed by atoms with van der Waals surface area (Å²) < 4.78 is 10.5. The van der Waals surface area contributed by atoms with Crippen LogP contribution in [0.1, 0.15) is 27.5 Å². The normalized spacial score (nSPS) is 17.5. The van der Waals surface area contributed by atoms with Crippen LogP contribution in [0.3, 0.4) is 0 Å². The molecule has 2 unspecified atom stereocenters.